The summed E-state index contributed by atoms with van der Waals surface area (Å²) in [5.74, 6) is 1.93. The van der Waals surface area contributed by atoms with Crippen molar-refractivity contribution in [1.82, 2.24) is 24.6 Å². The smallest absolute Gasteiger partial charge is 0.245 e. The molecule has 1 fully saturated rings. The number of nitrogens with zero attached hydrogens (tertiary/aromatic N) is 5. The van der Waals surface area contributed by atoms with Gasteiger partial charge in [0.15, 0.2) is 5.82 Å². The van der Waals surface area contributed by atoms with Crippen LogP contribution >= 0.6 is 0 Å². The quantitative estimate of drug-likeness (QED) is 0.805. The maximum Gasteiger partial charge on any atom is 0.245 e. The van der Waals surface area contributed by atoms with Gasteiger partial charge >= 0.3 is 0 Å². The molecule has 0 radical (unpaired) electrons. The Morgan fingerprint density at radius 2 is 2.00 bits per heavy atom. The van der Waals surface area contributed by atoms with Crippen molar-refractivity contribution >= 4 is 5.91 Å². The first kappa shape index (κ1) is 15.4. The van der Waals surface area contributed by atoms with Crippen molar-refractivity contribution in [3.63, 3.8) is 0 Å². The first-order valence-electron chi connectivity index (χ1n) is 8.13. The van der Waals surface area contributed by atoms with Gasteiger partial charge < -0.3 is 9.64 Å². The lowest BCUT2D eigenvalue weighted by Crippen LogP contribution is -2.44. The van der Waals surface area contributed by atoms with E-state index >= 15 is 0 Å². The Morgan fingerprint density at radius 3 is 2.73 bits per heavy atom. The molecule has 1 aromatic heterocycles. The van der Waals surface area contributed by atoms with E-state index in [0.717, 1.165) is 31.3 Å². The lowest BCUT2D eigenvalue weighted by atomic mass is 10.1. The van der Waals surface area contributed by atoms with E-state index < -0.39 is 0 Å². The zero-order valence-corrected chi connectivity index (χ0v) is 13.5. The highest BCUT2D eigenvalue weighted by molar-refractivity contribution is 5.81. The molecule has 1 saturated heterocycles. The minimum Gasteiger partial charge on any atom is -0.383 e. The molecule has 1 aromatic rings. The molecule has 0 bridgehead atoms. The van der Waals surface area contributed by atoms with Crippen LogP contribution in [0, 0.1) is 0 Å². The number of likely N-dealkylation sites (tertiary alicyclic amines) is 1. The van der Waals surface area contributed by atoms with Gasteiger partial charge in [0.2, 0.25) is 5.91 Å². The predicted octanol–water partition coefficient (Wildman–Crippen LogP) is 0.814. The summed E-state index contributed by atoms with van der Waals surface area (Å²) in [5, 5.41) is 8.67. The number of hydrogen-bond donors (Lipinski definition) is 0. The first-order valence-corrected chi connectivity index (χ1v) is 8.13. The number of carbonyl (C=O) groups excluding carboxylic acids is 1. The molecular weight excluding hydrogens is 282 g/mol. The number of rotatable bonds is 5. The van der Waals surface area contributed by atoms with Crippen LogP contribution in [-0.2, 0) is 22.6 Å². The van der Waals surface area contributed by atoms with Gasteiger partial charge in [-0.2, -0.15) is 0 Å². The SMILES string of the molecule is COCCN1Cc2nnc(CN3CCCCC3)n2[C@@H](C)C1=O. The molecule has 7 nitrogen and oxygen atoms in total. The summed E-state index contributed by atoms with van der Waals surface area (Å²) in [6.45, 7) is 6.65. The van der Waals surface area contributed by atoms with Crippen LogP contribution in [0.5, 0.6) is 0 Å². The van der Waals surface area contributed by atoms with Crippen molar-refractivity contribution in [1.29, 1.82) is 0 Å². The number of fused-ring (bicyclic) bond motifs is 1. The third kappa shape index (κ3) is 3.01. The summed E-state index contributed by atoms with van der Waals surface area (Å²) in [7, 11) is 1.65. The minimum absolute atomic E-state index is 0.129. The molecule has 2 aliphatic heterocycles. The Hall–Kier alpha value is -1.47. The van der Waals surface area contributed by atoms with Gasteiger partial charge in [0.1, 0.15) is 11.9 Å². The van der Waals surface area contributed by atoms with Crippen molar-refractivity contribution in [3.8, 4) is 0 Å². The van der Waals surface area contributed by atoms with E-state index in [0.29, 0.717) is 19.7 Å². The van der Waals surface area contributed by atoms with Crippen molar-refractivity contribution in [3.05, 3.63) is 11.6 Å². The Bertz CT molecular complexity index is 524. The molecule has 0 N–H and O–H groups in total. The average molecular weight is 307 g/mol. The number of amides is 1. The molecule has 122 valence electrons. The van der Waals surface area contributed by atoms with Crippen LogP contribution in [-0.4, -0.2) is 63.8 Å². The van der Waals surface area contributed by atoms with Crippen LogP contribution in [0.1, 0.15) is 43.9 Å². The van der Waals surface area contributed by atoms with E-state index in [1.54, 1.807) is 7.11 Å². The maximum absolute atomic E-state index is 12.5. The molecule has 3 rings (SSSR count). The third-order valence-corrected chi connectivity index (χ3v) is 4.60. The minimum atomic E-state index is -0.226. The summed E-state index contributed by atoms with van der Waals surface area (Å²) in [5.41, 5.74) is 0. The van der Waals surface area contributed by atoms with Crippen molar-refractivity contribution in [2.24, 2.45) is 0 Å². The fourth-order valence-electron chi connectivity index (χ4n) is 3.35. The number of piperidine rings is 1. The topological polar surface area (TPSA) is 63.5 Å². The van der Waals surface area contributed by atoms with Gasteiger partial charge in [0, 0.05) is 13.7 Å². The second-order valence-electron chi connectivity index (χ2n) is 6.17. The number of carbonyl (C=O) groups is 1. The van der Waals surface area contributed by atoms with Gasteiger partial charge in [0.05, 0.1) is 19.7 Å². The fourth-order valence-corrected chi connectivity index (χ4v) is 3.35. The highest BCUT2D eigenvalue weighted by Crippen LogP contribution is 2.24. The molecule has 0 aromatic carbocycles. The Morgan fingerprint density at radius 1 is 1.23 bits per heavy atom. The molecule has 1 amide bonds. The standard InChI is InChI=1S/C15H25N5O2/c1-12-15(21)19(8-9-22-2)11-14-17-16-13(20(12)14)10-18-6-4-3-5-7-18/h12H,3-11H2,1-2H3/t12-/m0/s1. The highest BCUT2D eigenvalue weighted by atomic mass is 16.5. The van der Waals surface area contributed by atoms with Crippen molar-refractivity contribution < 1.29 is 9.53 Å². The van der Waals surface area contributed by atoms with E-state index in [2.05, 4.69) is 15.1 Å². The lowest BCUT2D eigenvalue weighted by molar-refractivity contribution is -0.137. The monoisotopic (exact) mass is 307 g/mol. The van der Waals surface area contributed by atoms with E-state index in [-0.39, 0.29) is 11.9 Å². The number of hydrogen-bond acceptors (Lipinski definition) is 5. The third-order valence-electron chi connectivity index (χ3n) is 4.60. The molecule has 0 aliphatic carbocycles. The number of aromatic nitrogens is 3. The van der Waals surface area contributed by atoms with E-state index in [1.165, 1.54) is 19.3 Å². The largest absolute Gasteiger partial charge is 0.383 e. The molecule has 3 heterocycles. The van der Waals surface area contributed by atoms with Crippen LogP contribution in [0.3, 0.4) is 0 Å². The normalized spacial score (nSPS) is 22.9. The molecule has 0 saturated carbocycles. The van der Waals surface area contributed by atoms with Crippen molar-refractivity contribution in [2.75, 3.05) is 33.4 Å². The summed E-state index contributed by atoms with van der Waals surface area (Å²) in [6, 6.07) is -0.226. The zero-order chi connectivity index (χ0) is 15.5. The van der Waals surface area contributed by atoms with E-state index in [1.807, 2.05) is 16.4 Å². The van der Waals surface area contributed by atoms with Gasteiger partial charge in [-0.05, 0) is 32.9 Å². The van der Waals surface area contributed by atoms with Crippen LogP contribution in [0.25, 0.3) is 0 Å². The molecule has 0 spiro atoms. The van der Waals surface area contributed by atoms with Gasteiger partial charge in [-0.3, -0.25) is 14.3 Å². The summed E-state index contributed by atoms with van der Waals surface area (Å²) in [4.78, 5) is 16.7. The zero-order valence-electron chi connectivity index (χ0n) is 13.5. The Labute approximate surface area is 131 Å². The van der Waals surface area contributed by atoms with Gasteiger partial charge in [-0.15, -0.1) is 10.2 Å². The number of methoxy groups -OCH3 is 1. The van der Waals surface area contributed by atoms with E-state index in [4.69, 9.17) is 4.74 Å². The van der Waals surface area contributed by atoms with Crippen LogP contribution in [0.4, 0.5) is 0 Å². The van der Waals surface area contributed by atoms with Gasteiger partial charge in [-0.1, -0.05) is 6.42 Å². The molecule has 1 atom stereocenters. The maximum atomic E-state index is 12.5. The van der Waals surface area contributed by atoms with E-state index in [9.17, 15) is 4.79 Å². The molecule has 7 heteroatoms. The summed E-state index contributed by atoms with van der Waals surface area (Å²) in [6.07, 6.45) is 3.82. The Kier molecular flexibility index (Phi) is 4.73. The lowest BCUT2D eigenvalue weighted by Gasteiger charge is -2.33. The van der Waals surface area contributed by atoms with Crippen LogP contribution < -0.4 is 0 Å². The fraction of sp³-hybridized carbons (Fsp3) is 0.800. The molecule has 0 unspecified atom stereocenters. The molecular formula is C15H25N5O2. The average Bonchev–Trinajstić information content (AvgIpc) is 2.93. The number of ether oxygens (including phenoxy) is 1. The van der Waals surface area contributed by atoms with Crippen molar-refractivity contribution in [2.45, 2.75) is 45.3 Å². The van der Waals surface area contributed by atoms with Crippen LogP contribution in [0.15, 0.2) is 0 Å². The predicted molar refractivity (Wildman–Crippen MR) is 81.2 cm³/mol. The second kappa shape index (κ2) is 6.75. The highest BCUT2D eigenvalue weighted by Gasteiger charge is 2.33. The second-order valence-corrected chi connectivity index (χ2v) is 6.17. The first-order chi connectivity index (χ1) is 10.7. The van der Waals surface area contributed by atoms with Crippen LogP contribution in [0.2, 0.25) is 0 Å². The summed E-state index contributed by atoms with van der Waals surface area (Å²) >= 11 is 0. The van der Waals surface area contributed by atoms with Gasteiger partial charge in [-0.25, -0.2) is 0 Å². The van der Waals surface area contributed by atoms with Gasteiger partial charge in [0.25, 0.3) is 0 Å². The molecule has 2 aliphatic rings. The summed E-state index contributed by atoms with van der Waals surface area (Å²) < 4.78 is 7.11. The molecule has 22 heavy (non-hydrogen) atoms. The Balaban J connectivity index is 1.74.